The summed E-state index contributed by atoms with van der Waals surface area (Å²) in [6.45, 7) is 1.16. The van der Waals surface area contributed by atoms with E-state index in [1.54, 1.807) is 0 Å². The fraction of sp³-hybridized carbons (Fsp3) is 1.00. The van der Waals surface area contributed by atoms with E-state index in [1.165, 1.54) is 5.06 Å². The molecule has 1 fully saturated rings. The second-order valence-electron chi connectivity index (χ2n) is 2.80. The fourth-order valence-electron chi connectivity index (χ4n) is 1.13. The summed E-state index contributed by atoms with van der Waals surface area (Å²) in [6, 6.07) is 0. The van der Waals surface area contributed by atoms with Crippen LogP contribution in [0.4, 0.5) is 0 Å². The predicted octanol–water partition coefficient (Wildman–Crippen LogP) is 0.881. The van der Waals surface area contributed by atoms with E-state index in [0.29, 0.717) is 13.1 Å². The van der Waals surface area contributed by atoms with E-state index in [-0.39, 0.29) is 0 Å². The lowest BCUT2D eigenvalue weighted by atomic mass is 10.2. The minimum absolute atomic E-state index is 0.579. The molecule has 0 aromatic heterocycles. The van der Waals surface area contributed by atoms with Gasteiger partial charge in [0.05, 0.1) is 0 Å². The summed E-state index contributed by atoms with van der Waals surface area (Å²) < 4.78 is 47.7. The first-order chi connectivity index (χ1) is 6.47. The van der Waals surface area contributed by atoms with Crippen LogP contribution in [-0.4, -0.2) is 31.1 Å². The van der Waals surface area contributed by atoms with Crippen LogP contribution in [0.3, 0.4) is 0 Å². The summed E-state index contributed by atoms with van der Waals surface area (Å²) >= 11 is 0. The number of hydrogen-bond acceptors (Lipinski definition) is 6. The monoisotopic (exact) mass is 244 g/mol. The Kier molecular flexibility index (Phi) is 4.36. The zero-order valence-corrected chi connectivity index (χ0v) is 9.04. The molecule has 1 heterocycles. The molecule has 82 valence electrons. The van der Waals surface area contributed by atoms with Gasteiger partial charge in [-0.3, -0.25) is 4.55 Å². The molecule has 0 aromatic rings. The molecule has 7 nitrogen and oxygen atoms in total. The molecule has 0 amide bonds. The summed E-state index contributed by atoms with van der Waals surface area (Å²) in [5.41, 5.74) is 0. The summed E-state index contributed by atoms with van der Waals surface area (Å²) in [5.74, 6) is 0. The van der Waals surface area contributed by atoms with Gasteiger partial charge in [-0.2, -0.15) is 8.42 Å². The van der Waals surface area contributed by atoms with Crippen molar-refractivity contribution in [3.05, 3.63) is 0 Å². The highest BCUT2D eigenvalue weighted by Crippen LogP contribution is 2.29. The normalized spacial score (nSPS) is 20.8. The SMILES string of the molecule is O=[P+](ON1CCCCC1)OS(=O)(=O)O. The van der Waals surface area contributed by atoms with Crippen LogP contribution in [0.25, 0.3) is 0 Å². The lowest BCUT2D eigenvalue weighted by Gasteiger charge is -2.18. The third-order valence-electron chi connectivity index (χ3n) is 1.65. The molecular formula is C5H11NO6PS+. The molecule has 0 aliphatic carbocycles. The zero-order valence-electron chi connectivity index (χ0n) is 7.33. The molecule has 1 aliphatic rings. The molecule has 1 saturated heterocycles. The molecule has 0 aromatic carbocycles. The molecule has 1 rings (SSSR count). The van der Waals surface area contributed by atoms with Gasteiger partial charge in [-0.15, -0.1) is 5.06 Å². The second-order valence-corrected chi connectivity index (χ2v) is 4.86. The van der Waals surface area contributed by atoms with Crippen molar-refractivity contribution >= 4 is 18.7 Å². The van der Waals surface area contributed by atoms with Crippen molar-refractivity contribution in [2.24, 2.45) is 0 Å². The van der Waals surface area contributed by atoms with E-state index < -0.39 is 18.7 Å². The number of rotatable bonds is 4. The number of hydrogen-bond donors (Lipinski definition) is 1. The average molecular weight is 244 g/mol. The summed E-state index contributed by atoms with van der Waals surface area (Å²) in [4.78, 5) is 0. The van der Waals surface area contributed by atoms with Crippen molar-refractivity contribution in [1.82, 2.24) is 5.06 Å². The standard InChI is InChI=1S/C5H10NO6PS/c7-13(12-14(8,9)10)11-6-4-2-1-3-5-6/h1-5H2/p+1. The first kappa shape index (κ1) is 12.0. The summed E-state index contributed by atoms with van der Waals surface area (Å²) in [5, 5.41) is 1.37. The molecule has 0 saturated carbocycles. The topological polar surface area (TPSA) is 93.1 Å². The van der Waals surface area contributed by atoms with E-state index in [9.17, 15) is 13.0 Å². The van der Waals surface area contributed by atoms with Crippen LogP contribution < -0.4 is 0 Å². The Hall–Kier alpha value is -0.110. The van der Waals surface area contributed by atoms with Crippen molar-refractivity contribution in [3.8, 4) is 0 Å². The maximum absolute atomic E-state index is 10.8. The van der Waals surface area contributed by atoms with E-state index in [1.807, 2.05) is 0 Å². The first-order valence-electron chi connectivity index (χ1n) is 4.05. The lowest BCUT2D eigenvalue weighted by Crippen LogP contribution is -2.27. The molecular weight excluding hydrogens is 233 g/mol. The quantitative estimate of drug-likeness (QED) is 0.579. The van der Waals surface area contributed by atoms with Crippen LogP contribution in [-0.2, 0) is 23.6 Å². The summed E-state index contributed by atoms with van der Waals surface area (Å²) in [7, 11) is -7.56. The van der Waals surface area contributed by atoms with Crippen molar-refractivity contribution < 1.29 is 26.1 Å². The highest BCUT2D eigenvalue weighted by Gasteiger charge is 2.33. The van der Waals surface area contributed by atoms with E-state index >= 15 is 0 Å². The van der Waals surface area contributed by atoms with Gasteiger partial charge in [-0.05, 0) is 17.5 Å². The Labute approximate surface area is 82.8 Å². The van der Waals surface area contributed by atoms with Crippen LogP contribution in [0.1, 0.15) is 19.3 Å². The van der Waals surface area contributed by atoms with Gasteiger partial charge in [0.15, 0.2) is 0 Å². The third kappa shape index (κ3) is 4.94. The number of piperidine rings is 1. The fourth-order valence-corrected chi connectivity index (χ4v) is 2.21. The van der Waals surface area contributed by atoms with Crippen LogP contribution in [0.5, 0.6) is 0 Å². The molecule has 14 heavy (non-hydrogen) atoms. The van der Waals surface area contributed by atoms with Crippen molar-refractivity contribution in [3.63, 3.8) is 0 Å². The van der Waals surface area contributed by atoms with Gasteiger partial charge in [0.2, 0.25) is 0 Å². The molecule has 9 heteroatoms. The smallest absolute Gasteiger partial charge is 0.261 e. The zero-order chi connectivity index (χ0) is 10.6. The van der Waals surface area contributed by atoms with Gasteiger partial charge in [0.25, 0.3) is 0 Å². The van der Waals surface area contributed by atoms with E-state index in [2.05, 4.69) is 8.59 Å². The van der Waals surface area contributed by atoms with Gasteiger partial charge in [-0.25, -0.2) is 0 Å². The molecule has 1 atom stereocenters. The number of hydroxylamine groups is 2. The largest absolute Gasteiger partial charge is 0.735 e. The van der Waals surface area contributed by atoms with Crippen molar-refractivity contribution in [2.75, 3.05) is 13.1 Å². The maximum atomic E-state index is 10.8. The Balaban J connectivity index is 2.32. The van der Waals surface area contributed by atoms with Crippen LogP contribution >= 0.6 is 8.25 Å². The highest BCUT2D eigenvalue weighted by atomic mass is 32.3. The van der Waals surface area contributed by atoms with Gasteiger partial charge >= 0.3 is 18.7 Å². The lowest BCUT2D eigenvalue weighted by molar-refractivity contribution is -0.0721. The molecule has 0 bridgehead atoms. The van der Waals surface area contributed by atoms with Gasteiger partial charge in [-0.1, -0.05) is 6.42 Å². The average Bonchev–Trinajstić information content (AvgIpc) is 2.02. The molecule has 1 unspecified atom stereocenters. The van der Waals surface area contributed by atoms with E-state index in [0.717, 1.165) is 19.3 Å². The number of nitrogens with zero attached hydrogens (tertiary/aromatic N) is 1. The molecule has 1 aliphatic heterocycles. The van der Waals surface area contributed by atoms with E-state index in [4.69, 9.17) is 4.55 Å². The molecule has 0 radical (unpaired) electrons. The Morgan fingerprint density at radius 1 is 1.21 bits per heavy atom. The van der Waals surface area contributed by atoms with Gasteiger partial charge in [0, 0.05) is 21.6 Å². The molecule has 0 spiro atoms. The minimum atomic E-state index is -4.71. The Morgan fingerprint density at radius 3 is 2.29 bits per heavy atom. The Morgan fingerprint density at radius 2 is 1.79 bits per heavy atom. The van der Waals surface area contributed by atoms with Gasteiger partial charge < -0.3 is 0 Å². The highest BCUT2D eigenvalue weighted by molar-refractivity contribution is 7.84. The molecule has 1 N–H and O–H groups in total. The van der Waals surface area contributed by atoms with Gasteiger partial charge in [0.1, 0.15) is 0 Å². The first-order valence-corrected chi connectivity index (χ1v) is 6.51. The van der Waals surface area contributed by atoms with Crippen molar-refractivity contribution in [2.45, 2.75) is 19.3 Å². The third-order valence-corrected chi connectivity index (χ3v) is 3.26. The van der Waals surface area contributed by atoms with Crippen LogP contribution in [0.15, 0.2) is 0 Å². The second kappa shape index (κ2) is 5.11. The Bertz CT molecular complexity index is 297. The van der Waals surface area contributed by atoms with Crippen molar-refractivity contribution in [1.29, 1.82) is 0 Å². The summed E-state index contributed by atoms with van der Waals surface area (Å²) in [6.07, 6.45) is 2.86. The van der Waals surface area contributed by atoms with Crippen LogP contribution in [0.2, 0.25) is 0 Å². The maximum Gasteiger partial charge on any atom is 0.735 e. The predicted molar refractivity (Wildman–Crippen MR) is 46.7 cm³/mol. The minimum Gasteiger partial charge on any atom is -0.261 e. The van der Waals surface area contributed by atoms with Crippen LogP contribution in [0, 0.1) is 0 Å².